The van der Waals surface area contributed by atoms with Crippen molar-refractivity contribution in [3.8, 4) is 0 Å². The molecule has 0 saturated heterocycles. The number of alkyl halides is 1. The van der Waals surface area contributed by atoms with Crippen LogP contribution >= 0.6 is 11.6 Å². The molecular formula is C15H18ClN5O2. The first-order chi connectivity index (χ1) is 11.0. The van der Waals surface area contributed by atoms with Gasteiger partial charge in [-0.1, -0.05) is 12.2 Å². The molecule has 3 rings (SSSR count). The van der Waals surface area contributed by atoms with Gasteiger partial charge >= 0.3 is 5.69 Å². The Kier molecular flexibility index (Phi) is 3.89. The maximum atomic E-state index is 12.8. The molecule has 3 aromatic rings. The van der Waals surface area contributed by atoms with E-state index in [1.165, 1.54) is 9.13 Å². The fourth-order valence-electron chi connectivity index (χ4n) is 2.79. The minimum Gasteiger partial charge on any atom is -0.313 e. The monoisotopic (exact) mass is 335 g/mol. The van der Waals surface area contributed by atoms with Crippen LogP contribution in [0.25, 0.3) is 16.9 Å². The maximum Gasteiger partial charge on any atom is 0.332 e. The van der Waals surface area contributed by atoms with Crippen LogP contribution in [0.3, 0.4) is 0 Å². The second kappa shape index (κ2) is 5.73. The molecule has 0 saturated carbocycles. The number of imidazole rings is 2. The average Bonchev–Trinajstić information content (AvgIpc) is 3.02. The largest absolute Gasteiger partial charge is 0.332 e. The van der Waals surface area contributed by atoms with Crippen molar-refractivity contribution in [2.45, 2.75) is 26.9 Å². The molecule has 3 heterocycles. The van der Waals surface area contributed by atoms with Gasteiger partial charge in [0.2, 0.25) is 5.78 Å². The molecule has 0 aliphatic heterocycles. The highest BCUT2D eigenvalue weighted by Gasteiger charge is 2.19. The zero-order valence-corrected chi connectivity index (χ0v) is 14.0. The van der Waals surface area contributed by atoms with Gasteiger partial charge in [-0.2, -0.15) is 4.98 Å². The van der Waals surface area contributed by atoms with Gasteiger partial charge in [-0.05, 0) is 13.8 Å². The molecule has 8 heteroatoms. The predicted molar refractivity (Wildman–Crippen MR) is 90.5 cm³/mol. The van der Waals surface area contributed by atoms with Gasteiger partial charge in [-0.3, -0.25) is 18.3 Å². The number of aromatic nitrogens is 5. The van der Waals surface area contributed by atoms with Gasteiger partial charge in [-0.25, -0.2) is 4.79 Å². The molecule has 0 radical (unpaired) electrons. The smallest absolute Gasteiger partial charge is 0.313 e. The molecule has 0 unspecified atom stereocenters. The van der Waals surface area contributed by atoms with Crippen LogP contribution in [-0.4, -0.2) is 29.0 Å². The van der Waals surface area contributed by atoms with E-state index in [2.05, 4.69) is 4.98 Å². The molecule has 0 aliphatic carbocycles. The summed E-state index contributed by atoms with van der Waals surface area (Å²) < 4.78 is 6.30. The number of rotatable bonds is 4. The van der Waals surface area contributed by atoms with Crippen molar-refractivity contribution in [1.82, 2.24) is 23.1 Å². The van der Waals surface area contributed by atoms with Crippen LogP contribution in [-0.2, 0) is 20.1 Å². The van der Waals surface area contributed by atoms with E-state index >= 15 is 0 Å². The van der Waals surface area contributed by atoms with Crippen LogP contribution < -0.4 is 11.2 Å². The number of aryl methyl sites for hydroxylation is 3. The molecule has 0 amide bonds. The Labute approximate surface area is 137 Å². The second-order valence-corrected chi connectivity index (χ2v) is 5.77. The first-order valence-corrected chi connectivity index (χ1v) is 7.89. The first kappa shape index (κ1) is 15.6. The topological polar surface area (TPSA) is 66.2 Å². The highest BCUT2D eigenvalue weighted by atomic mass is 35.5. The van der Waals surface area contributed by atoms with Crippen molar-refractivity contribution in [3.05, 3.63) is 44.9 Å². The molecule has 0 atom stereocenters. The third-order valence-electron chi connectivity index (χ3n) is 3.97. The quantitative estimate of drug-likeness (QED) is 0.533. The minimum atomic E-state index is -0.373. The molecule has 0 aromatic carbocycles. The van der Waals surface area contributed by atoms with Crippen LogP contribution in [0.15, 0.2) is 27.9 Å². The van der Waals surface area contributed by atoms with E-state index < -0.39 is 0 Å². The number of fused-ring (bicyclic) bond motifs is 3. The van der Waals surface area contributed by atoms with E-state index in [4.69, 9.17) is 11.6 Å². The highest BCUT2D eigenvalue weighted by Crippen LogP contribution is 2.16. The number of nitrogens with zero attached hydrogens (tertiary/aromatic N) is 5. The normalized spacial score (nSPS) is 12.2. The van der Waals surface area contributed by atoms with Gasteiger partial charge in [0.25, 0.3) is 5.56 Å². The fraction of sp³-hybridized carbons (Fsp3) is 0.400. The van der Waals surface area contributed by atoms with E-state index in [-0.39, 0.29) is 17.8 Å². The van der Waals surface area contributed by atoms with E-state index in [0.29, 0.717) is 29.4 Å². The molecular weight excluding hydrogens is 318 g/mol. The van der Waals surface area contributed by atoms with Crippen molar-refractivity contribution in [2.75, 3.05) is 5.88 Å². The van der Waals surface area contributed by atoms with Gasteiger partial charge in [0.05, 0.1) is 0 Å². The molecule has 0 N–H and O–H groups in total. The summed E-state index contributed by atoms with van der Waals surface area (Å²) in [5, 5.41) is 0. The van der Waals surface area contributed by atoms with E-state index in [1.807, 2.05) is 30.7 Å². The zero-order valence-electron chi connectivity index (χ0n) is 13.3. The summed E-state index contributed by atoms with van der Waals surface area (Å²) in [6.45, 7) is 4.62. The minimum absolute atomic E-state index is 0.243. The Balaban J connectivity index is 2.45. The number of allylic oxidation sites excluding steroid dienone is 2. The summed E-state index contributed by atoms with van der Waals surface area (Å²) in [4.78, 5) is 29.7. The van der Waals surface area contributed by atoms with Crippen molar-refractivity contribution >= 4 is 28.5 Å². The van der Waals surface area contributed by atoms with Crippen LogP contribution in [0.5, 0.6) is 0 Å². The van der Waals surface area contributed by atoms with Crippen LogP contribution in [0.1, 0.15) is 12.6 Å². The Morgan fingerprint density at radius 1 is 1.30 bits per heavy atom. The lowest BCUT2D eigenvalue weighted by molar-refractivity contribution is 0.666. The van der Waals surface area contributed by atoms with Crippen LogP contribution in [0.4, 0.5) is 0 Å². The predicted octanol–water partition coefficient (Wildman–Crippen LogP) is 1.27. The number of hydrogen-bond acceptors (Lipinski definition) is 3. The molecule has 122 valence electrons. The van der Waals surface area contributed by atoms with Crippen LogP contribution in [0.2, 0.25) is 0 Å². The van der Waals surface area contributed by atoms with Gasteiger partial charge in [0.1, 0.15) is 0 Å². The third-order valence-corrected chi connectivity index (χ3v) is 4.14. The standard InChI is InChI=1S/C15H18ClN5O2/c1-4-5-7-20-13(22)11-12(18(3)15(20)23)17-14-19(8-6-16)10(2)9-21(11)14/h4-5,9H,6-8H2,1-3H3. The summed E-state index contributed by atoms with van der Waals surface area (Å²) in [5.74, 6) is 1.06. The molecule has 0 bridgehead atoms. The summed E-state index contributed by atoms with van der Waals surface area (Å²) in [6, 6.07) is 0. The van der Waals surface area contributed by atoms with Gasteiger partial charge in [0, 0.05) is 37.9 Å². The molecule has 7 nitrogen and oxygen atoms in total. The number of hydrogen-bond donors (Lipinski definition) is 0. The van der Waals surface area contributed by atoms with Gasteiger partial charge < -0.3 is 4.57 Å². The van der Waals surface area contributed by atoms with Crippen LogP contribution in [0, 0.1) is 6.92 Å². The fourth-order valence-corrected chi connectivity index (χ4v) is 2.96. The molecule has 0 aliphatic rings. The summed E-state index contributed by atoms with van der Waals surface area (Å²) in [6.07, 6.45) is 5.43. The van der Waals surface area contributed by atoms with Crippen molar-refractivity contribution < 1.29 is 0 Å². The van der Waals surface area contributed by atoms with Gasteiger partial charge in [-0.15, -0.1) is 11.6 Å². The maximum absolute atomic E-state index is 12.8. The SMILES string of the molecule is CC=CCn1c(=O)c2c(nc3n(CCCl)c(C)cn23)n(C)c1=O. The molecule has 0 spiro atoms. The van der Waals surface area contributed by atoms with Gasteiger partial charge in [0.15, 0.2) is 11.2 Å². The van der Waals surface area contributed by atoms with E-state index in [9.17, 15) is 9.59 Å². The Morgan fingerprint density at radius 2 is 2.04 bits per heavy atom. The Hall–Kier alpha value is -2.28. The summed E-state index contributed by atoms with van der Waals surface area (Å²) >= 11 is 5.85. The molecule has 3 aromatic heterocycles. The lowest BCUT2D eigenvalue weighted by Gasteiger charge is -2.05. The number of halogens is 1. The average molecular weight is 336 g/mol. The van der Waals surface area contributed by atoms with Crippen molar-refractivity contribution in [1.29, 1.82) is 0 Å². The lowest BCUT2D eigenvalue weighted by atomic mass is 10.4. The lowest BCUT2D eigenvalue weighted by Crippen LogP contribution is -2.39. The Morgan fingerprint density at radius 3 is 2.70 bits per heavy atom. The van der Waals surface area contributed by atoms with E-state index in [1.54, 1.807) is 17.5 Å². The van der Waals surface area contributed by atoms with Crippen molar-refractivity contribution in [2.24, 2.45) is 7.05 Å². The summed E-state index contributed by atoms with van der Waals surface area (Å²) in [7, 11) is 1.63. The third kappa shape index (κ3) is 2.23. The summed E-state index contributed by atoms with van der Waals surface area (Å²) in [5.41, 5.74) is 1.04. The highest BCUT2D eigenvalue weighted by molar-refractivity contribution is 6.17. The molecule has 23 heavy (non-hydrogen) atoms. The first-order valence-electron chi connectivity index (χ1n) is 7.36. The Bertz CT molecular complexity index is 1030. The van der Waals surface area contributed by atoms with E-state index in [0.717, 1.165) is 5.69 Å². The van der Waals surface area contributed by atoms with Crippen molar-refractivity contribution in [3.63, 3.8) is 0 Å². The zero-order chi connectivity index (χ0) is 16.7. The molecule has 0 fully saturated rings. The second-order valence-electron chi connectivity index (χ2n) is 5.39.